The molecule has 4 rings (SSSR count). The Morgan fingerprint density at radius 2 is 1.89 bits per heavy atom. The number of ether oxygens (including phenoxy) is 1. The van der Waals surface area contributed by atoms with Crippen LogP contribution in [0.15, 0.2) is 36.0 Å². The molecule has 0 unspecified atom stereocenters. The van der Waals surface area contributed by atoms with Crippen LogP contribution >= 0.6 is 23.4 Å². The van der Waals surface area contributed by atoms with Gasteiger partial charge in [-0.15, -0.1) is 0 Å². The number of carbonyl (C=O) groups is 3. The van der Waals surface area contributed by atoms with E-state index in [0.29, 0.717) is 37.5 Å². The summed E-state index contributed by atoms with van der Waals surface area (Å²) in [5, 5.41) is 0.671. The van der Waals surface area contributed by atoms with Crippen LogP contribution in [0.25, 0.3) is 0 Å². The van der Waals surface area contributed by atoms with E-state index in [1.54, 1.807) is 11.8 Å². The Kier molecular flexibility index (Phi) is 8.82. The first kappa shape index (κ1) is 26.1. The van der Waals surface area contributed by atoms with Gasteiger partial charge in [-0.25, -0.2) is 0 Å². The number of rotatable bonds is 7. The molecule has 0 N–H and O–H groups in total. The predicted molar refractivity (Wildman–Crippen MR) is 139 cm³/mol. The van der Waals surface area contributed by atoms with Crippen LogP contribution in [0.4, 0.5) is 0 Å². The van der Waals surface area contributed by atoms with Crippen LogP contribution in [0.1, 0.15) is 51.0 Å². The lowest BCUT2D eigenvalue weighted by Crippen LogP contribution is -2.44. The molecule has 2 fully saturated rings. The van der Waals surface area contributed by atoms with E-state index < -0.39 is 11.3 Å². The molecular formula is C27H35ClN2O4S. The van der Waals surface area contributed by atoms with Crippen molar-refractivity contribution in [2.75, 3.05) is 37.7 Å². The molecule has 0 saturated carbocycles. The molecule has 8 heteroatoms. The van der Waals surface area contributed by atoms with E-state index in [2.05, 4.69) is 6.08 Å². The number of hydrogen-bond acceptors (Lipinski definition) is 5. The molecule has 1 aliphatic carbocycles. The van der Waals surface area contributed by atoms with Gasteiger partial charge in [-0.2, -0.15) is 11.8 Å². The second-order valence-electron chi connectivity index (χ2n) is 9.50. The second kappa shape index (κ2) is 11.8. The van der Waals surface area contributed by atoms with Crippen molar-refractivity contribution in [1.82, 2.24) is 9.80 Å². The molecule has 0 radical (unpaired) electrons. The largest absolute Gasteiger partial charge is 0.465 e. The van der Waals surface area contributed by atoms with Crippen molar-refractivity contribution in [2.45, 2.75) is 51.9 Å². The SMILES string of the molecule is CCOC(=O)[C@]12CCCCC/C=C\1N(CCc1ccc(Cl)cc1)C(=O)[C@H]2CC(=O)N1CCSCC1. The average molecular weight is 519 g/mol. The number of likely N-dealkylation sites (tertiary alicyclic amines) is 1. The van der Waals surface area contributed by atoms with Crippen LogP contribution in [0.5, 0.6) is 0 Å². The fourth-order valence-corrected chi connectivity index (χ4v) is 6.63. The van der Waals surface area contributed by atoms with Gasteiger partial charge in [-0.3, -0.25) is 14.4 Å². The second-order valence-corrected chi connectivity index (χ2v) is 11.2. The number of esters is 1. The molecule has 190 valence electrons. The summed E-state index contributed by atoms with van der Waals surface area (Å²) < 4.78 is 5.61. The number of carbonyl (C=O) groups excluding carboxylic acids is 3. The van der Waals surface area contributed by atoms with Crippen molar-refractivity contribution in [3.63, 3.8) is 0 Å². The molecule has 35 heavy (non-hydrogen) atoms. The molecule has 1 aromatic carbocycles. The van der Waals surface area contributed by atoms with Gasteiger partial charge in [0.2, 0.25) is 11.8 Å². The van der Waals surface area contributed by atoms with Gasteiger partial charge in [0.05, 0.1) is 12.5 Å². The minimum atomic E-state index is -1.09. The van der Waals surface area contributed by atoms with Gasteiger partial charge in [-0.05, 0) is 50.3 Å². The minimum absolute atomic E-state index is 0.0340. The first-order valence-corrected chi connectivity index (χ1v) is 14.3. The fraction of sp³-hybridized carbons (Fsp3) is 0.593. The number of fused-ring (bicyclic) bond motifs is 1. The standard InChI is InChI=1S/C27H35ClN2O4S/c1-2-34-26(33)27-13-6-4-3-5-7-23(27)30(14-12-20-8-10-21(28)11-9-20)25(32)22(27)19-24(31)29-15-17-35-18-16-29/h7-11,22H,2-6,12-19H2,1H3/b23-7+/t22-,27+/m1/s1. The highest BCUT2D eigenvalue weighted by Crippen LogP contribution is 2.52. The van der Waals surface area contributed by atoms with Gasteiger partial charge in [0.15, 0.2) is 0 Å². The highest BCUT2D eigenvalue weighted by molar-refractivity contribution is 7.99. The molecule has 2 saturated heterocycles. The zero-order valence-electron chi connectivity index (χ0n) is 20.5. The van der Waals surface area contributed by atoms with Crippen LogP contribution in [-0.4, -0.2) is 65.3 Å². The average Bonchev–Trinajstić information content (AvgIpc) is 3.06. The van der Waals surface area contributed by atoms with Gasteiger partial charge in [0.25, 0.3) is 0 Å². The monoisotopic (exact) mass is 518 g/mol. The summed E-state index contributed by atoms with van der Waals surface area (Å²) in [7, 11) is 0. The van der Waals surface area contributed by atoms with E-state index in [-0.39, 0.29) is 30.8 Å². The Morgan fingerprint density at radius 1 is 1.14 bits per heavy atom. The normalized spacial score (nSPS) is 26.4. The van der Waals surface area contributed by atoms with Crippen molar-refractivity contribution in [3.05, 3.63) is 46.6 Å². The third-order valence-corrected chi connectivity index (χ3v) is 8.63. The first-order chi connectivity index (χ1) is 17.0. The Balaban J connectivity index is 1.67. The third kappa shape index (κ3) is 5.56. The quantitative estimate of drug-likeness (QED) is 0.489. The van der Waals surface area contributed by atoms with E-state index in [0.717, 1.165) is 48.4 Å². The van der Waals surface area contributed by atoms with Gasteiger partial charge < -0.3 is 14.5 Å². The van der Waals surface area contributed by atoms with Crippen LogP contribution < -0.4 is 0 Å². The zero-order chi connectivity index (χ0) is 24.8. The summed E-state index contributed by atoms with van der Waals surface area (Å²) in [5.74, 6) is 0.575. The zero-order valence-corrected chi connectivity index (χ0v) is 22.0. The lowest BCUT2D eigenvalue weighted by molar-refractivity contribution is -0.158. The van der Waals surface area contributed by atoms with E-state index in [1.807, 2.05) is 40.9 Å². The van der Waals surface area contributed by atoms with Crippen LogP contribution in [0.3, 0.4) is 0 Å². The van der Waals surface area contributed by atoms with Crippen molar-refractivity contribution >= 4 is 41.1 Å². The molecule has 2 aliphatic heterocycles. The number of allylic oxidation sites excluding steroid dienone is 1. The highest BCUT2D eigenvalue weighted by atomic mass is 35.5. The molecule has 2 atom stereocenters. The van der Waals surface area contributed by atoms with Crippen LogP contribution in [-0.2, 0) is 25.5 Å². The number of hydrogen-bond donors (Lipinski definition) is 0. The smallest absolute Gasteiger partial charge is 0.318 e. The highest BCUT2D eigenvalue weighted by Gasteiger charge is 2.61. The lowest BCUT2D eigenvalue weighted by Gasteiger charge is -2.35. The molecule has 6 nitrogen and oxygen atoms in total. The summed E-state index contributed by atoms with van der Waals surface area (Å²) in [4.78, 5) is 44.6. The van der Waals surface area contributed by atoms with Crippen molar-refractivity contribution in [3.8, 4) is 0 Å². The predicted octanol–water partition coefficient (Wildman–Crippen LogP) is 4.70. The van der Waals surface area contributed by atoms with E-state index >= 15 is 0 Å². The van der Waals surface area contributed by atoms with Crippen molar-refractivity contribution in [2.24, 2.45) is 11.3 Å². The van der Waals surface area contributed by atoms with Gasteiger partial charge in [-0.1, -0.05) is 42.7 Å². The van der Waals surface area contributed by atoms with E-state index in [4.69, 9.17) is 16.3 Å². The Morgan fingerprint density at radius 3 is 2.60 bits per heavy atom. The van der Waals surface area contributed by atoms with E-state index in [1.165, 1.54) is 0 Å². The van der Waals surface area contributed by atoms with Crippen LogP contribution in [0.2, 0.25) is 5.02 Å². The Bertz CT molecular complexity index is 960. The molecule has 2 heterocycles. The van der Waals surface area contributed by atoms with Gasteiger partial charge in [0.1, 0.15) is 5.41 Å². The molecular weight excluding hydrogens is 484 g/mol. The summed E-state index contributed by atoms with van der Waals surface area (Å²) >= 11 is 7.88. The maximum atomic E-state index is 14.0. The van der Waals surface area contributed by atoms with Crippen molar-refractivity contribution in [1.29, 1.82) is 0 Å². The number of benzene rings is 1. The number of amides is 2. The number of thioether (sulfide) groups is 1. The molecule has 3 aliphatic rings. The van der Waals surface area contributed by atoms with E-state index in [9.17, 15) is 14.4 Å². The Labute approximate surface area is 217 Å². The third-order valence-electron chi connectivity index (χ3n) is 7.44. The lowest BCUT2D eigenvalue weighted by atomic mass is 9.69. The minimum Gasteiger partial charge on any atom is -0.465 e. The molecule has 0 spiro atoms. The summed E-state index contributed by atoms with van der Waals surface area (Å²) in [6, 6.07) is 7.62. The Hall–Kier alpha value is -1.99. The van der Waals surface area contributed by atoms with Crippen LogP contribution in [0, 0.1) is 11.3 Å². The topological polar surface area (TPSA) is 66.9 Å². The number of halogens is 1. The van der Waals surface area contributed by atoms with Gasteiger partial charge >= 0.3 is 5.97 Å². The fourth-order valence-electron chi connectivity index (χ4n) is 5.60. The first-order valence-electron chi connectivity index (χ1n) is 12.8. The molecule has 1 aromatic rings. The van der Waals surface area contributed by atoms with Crippen molar-refractivity contribution < 1.29 is 19.1 Å². The summed E-state index contributed by atoms with van der Waals surface area (Å²) in [5.41, 5.74) is 0.732. The molecule has 2 amide bonds. The van der Waals surface area contributed by atoms with Gasteiger partial charge in [0, 0.05) is 48.3 Å². The molecule has 0 bridgehead atoms. The summed E-state index contributed by atoms with van der Waals surface area (Å²) in [6.07, 6.45) is 6.96. The summed E-state index contributed by atoms with van der Waals surface area (Å²) in [6.45, 7) is 3.89. The maximum absolute atomic E-state index is 14.0. The molecule has 0 aromatic heterocycles. The maximum Gasteiger partial charge on any atom is 0.318 e. The number of nitrogens with zero attached hydrogens (tertiary/aromatic N) is 2.